The number of rotatable bonds is 4. The van der Waals surface area contributed by atoms with Gasteiger partial charge in [-0.15, -0.1) is 0 Å². The maximum absolute atomic E-state index is 12.6. The molecular formula is C19H12N6O3. The quantitative estimate of drug-likeness (QED) is 0.510. The fraction of sp³-hybridized carbons (Fsp3) is 0.0526. The Morgan fingerprint density at radius 1 is 1.00 bits per heavy atom. The Kier molecular flexibility index (Phi) is 3.75. The van der Waals surface area contributed by atoms with E-state index in [9.17, 15) is 4.79 Å². The fourth-order valence-electron chi connectivity index (χ4n) is 2.86. The van der Waals surface area contributed by atoms with Gasteiger partial charge in [-0.2, -0.15) is 4.98 Å². The Bertz CT molecular complexity index is 1310. The number of aromatic amines is 1. The first-order valence-electron chi connectivity index (χ1n) is 8.44. The predicted molar refractivity (Wildman–Crippen MR) is 98.2 cm³/mol. The average molecular weight is 372 g/mol. The zero-order chi connectivity index (χ0) is 18.9. The lowest BCUT2D eigenvalue weighted by Gasteiger charge is -2.04. The molecule has 4 aromatic heterocycles. The third-order valence-electron chi connectivity index (χ3n) is 4.16. The van der Waals surface area contributed by atoms with Crippen LogP contribution in [0.4, 0.5) is 0 Å². The zero-order valence-electron chi connectivity index (χ0n) is 14.4. The van der Waals surface area contributed by atoms with Gasteiger partial charge in [-0.3, -0.25) is 9.78 Å². The normalized spacial score (nSPS) is 11.1. The van der Waals surface area contributed by atoms with E-state index in [0.717, 1.165) is 11.3 Å². The van der Waals surface area contributed by atoms with Gasteiger partial charge in [-0.25, -0.2) is 4.98 Å². The van der Waals surface area contributed by atoms with Crippen molar-refractivity contribution in [3.63, 3.8) is 0 Å². The van der Waals surface area contributed by atoms with Crippen molar-refractivity contribution in [3.8, 4) is 22.8 Å². The lowest BCUT2D eigenvalue weighted by Crippen LogP contribution is -2.12. The summed E-state index contributed by atoms with van der Waals surface area (Å²) in [6, 6.07) is 12.7. The number of hydrogen-bond donors (Lipinski definition) is 1. The van der Waals surface area contributed by atoms with Crippen LogP contribution >= 0.6 is 0 Å². The Labute approximate surface area is 157 Å². The van der Waals surface area contributed by atoms with E-state index in [4.69, 9.17) is 9.05 Å². The van der Waals surface area contributed by atoms with Crippen LogP contribution in [0.25, 0.3) is 33.7 Å². The minimum atomic E-state index is -0.243. The number of pyridine rings is 1. The molecule has 0 radical (unpaired) electrons. The van der Waals surface area contributed by atoms with Gasteiger partial charge in [0.2, 0.25) is 17.5 Å². The van der Waals surface area contributed by atoms with Crippen molar-refractivity contribution >= 4 is 10.9 Å². The molecule has 0 spiro atoms. The maximum Gasteiger partial charge on any atom is 0.258 e. The van der Waals surface area contributed by atoms with Gasteiger partial charge in [0.1, 0.15) is 5.82 Å². The van der Waals surface area contributed by atoms with Crippen LogP contribution in [0.5, 0.6) is 0 Å². The molecule has 0 amide bonds. The van der Waals surface area contributed by atoms with Gasteiger partial charge in [-0.05, 0) is 24.3 Å². The number of hydrogen-bond acceptors (Lipinski definition) is 8. The number of nitrogens with zero attached hydrogens (tertiary/aromatic N) is 5. The van der Waals surface area contributed by atoms with E-state index in [0.29, 0.717) is 28.4 Å². The molecular weight excluding hydrogens is 360 g/mol. The highest BCUT2D eigenvalue weighted by Crippen LogP contribution is 2.20. The summed E-state index contributed by atoms with van der Waals surface area (Å²) in [5.41, 5.74) is 1.97. The number of aromatic nitrogens is 6. The van der Waals surface area contributed by atoms with Crippen molar-refractivity contribution in [1.29, 1.82) is 0 Å². The molecule has 5 aromatic rings. The molecule has 4 heterocycles. The average Bonchev–Trinajstić information content (AvgIpc) is 3.40. The molecule has 0 atom stereocenters. The molecule has 9 nitrogen and oxygen atoms in total. The Hall–Kier alpha value is -4.14. The number of benzene rings is 1. The summed E-state index contributed by atoms with van der Waals surface area (Å²) in [6.45, 7) is 0. The molecule has 28 heavy (non-hydrogen) atoms. The molecule has 0 aliphatic carbocycles. The molecule has 0 fully saturated rings. The van der Waals surface area contributed by atoms with Crippen LogP contribution in [0.15, 0.2) is 68.7 Å². The second kappa shape index (κ2) is 6.54. The number of fused-ring (bicyclic) bond motifs is 1. The monoisotopic (exact) mass is 372 g/mol. The molecule has 5 rings (SSSR count). The second-order valence-corrected chi connectivity index (χ2v) is 6.02. The molecule has 9 heteroatoms. The van der Waals surface area contributed by atoms with E-state index < -0.39 is 0 Å². The first-order valence-corrected chi connectivity index (χ1v) is 8.44. The standard InChI is InChI=1S/C19H12N6O3/c26-19-12-9-11(13-3-1-2-7-20-13)4-5-14(12)22-16(23-19)10-17-24-18(25-28-17)15-6-8-21-27-15/h1-9H,10H2,(H,22,23,26). The van der Waals surface area contributed by atoms with Crippen LogP contribution in [0, 0.1) is 0 Å². The summed E-state index contributed by atoms with van der Waals surface area (Å²) in [6.07, 6.45) is 3.39. The topological polar surface area (TPSA) is 124 Å². The molecule has 136 valence electrons. The number of H-pyrrole nitrogens is 1. The molecule has 0 unspecified atom stereocenters. The summed E-state index contributed by atoms with van der Waals surface area (Å²) < 4.78 is 10.2. The molecule has 1 aromatic carbocycles. The zero-order valence-corrected chi connectivity index (χ0v) is 14.4. The minimum absolute atomic E-state index is 0.189. The Balaban J connectivity index is 1.47. The van der Waals surface area contributed by atoms with Crippen molar-refractivity contribution in [3.05, 3.63) is 76.9 Å². The summed E-state index contributed by atoms with van der Waals surface area (Å²) in [5.74, 6) is 1.42. The van der Waals surface area contributed by atoms with Crippen LogP contribution in [-0.2, 0) is 6.42 Å². The smallest absolute Gasteiger partial charge is 0.258 e. The van der Waals surface area contributed by atoms with Crippen LogP contribution in [0.2, 0.25) is 0 Å². The molecule has 0 aliphatic rings. The van der Waals surface area contributed by atoms with Crippen LogP contribution < -0.4 is 5.56 Å². The summed E-state index contributed by atoms with van der Waals surface area (Å²) in [4.78, 5) is 28.4. The van der Waals surface area contributed by atoms with Crippen LogP contribution in [0.1, 0.15) is 11.7 Å². The van der Waals surface area contributed by atoms with Gasteiger partial charge in [-0.1, -0.05) is 22.4 Å². The Morgan fingerprint density at radius 2 is 1.96 bits per heavy atom. The molecule has 0 bridgehead atoms. The third-order valence-corrected chi connectivity index (χ3v) is 4.16. The van der Waals surface area contributed by atoms with Crippen molar-refractivity contribution in [2.75, 3.05) is 0 Å². The predicted octanol–water partition coefficient (Wildman–Crippen LogP) is 2.61. The highest BCUT2D eigenvalue weighted by molar-refractivity contribution is 5.83. The highest BCUT2D eigenvalue weighted by Gasteiger charge is 2.14. The molecule has 0 saturated heterocycles. The minimum Gasteiger partial charge on any atom is -0.353 e. The van der Waals surface area contributed by atoms with Gasteiger partial charge < -0.3 is 14.0 Å². The van der Waals surface area contributed by atoms with Crippen LogP contribution in [0.3, 0.4) is 0 Å². The summed E-state index contributed by atoms with van der Waals surface area (Å²) >= 11 is 0. The lowest BCUT2D eigenvalue weighted by atomic mass is 10.1. The largest absolute Gasteiger partial charge is 0.353 e. The van der Waals surface area contributed by atoms with E-state index in [1.165, 1.54) is 6.20 Å². The van der Waals surface area contributed by atoms with Gasteiger partial charge in [0.05, 0.1) is 29.2 Å². The van der Waals surface area contributed by atoms with Gasteiger partial charge in [0.15, 0.2) is 0 Å². The van der Waals surface area contributed by atoms with E-state index in [-0.39, 0.29) is 17.8 Å². The van der Waals surface area contributed by atoms with E-state index in [1.54, 1.807) is 24.4 Å². The second-order valence-electron chi connectivity index (χ2n) is 6.02. The van der Waals surface area contributed by atoms with E-state index in [2.05, 4.69) is 30.2 Å². The summed E-state index contributed by atoms with van der Waals surface area (Å²) in [7, 11) is 0. The van der Waals surface area contributed by atoms with Crippen LogP contribution in [-0.4, -0.2) is 30.2 Å². The maximum atomic E-state index is 12.6. The van der Waals surface area contributed by atoms with Gasteiger partial charge >= 0.3 is 0 Å². The number of nitrogens with one attached hydrogen (secondary N) is 1. The molecule has 0 saturated carbocycles. The van der Waals surface area contributed by atoms with Crippen molar-refractivity contribution in [2.24, 2.45) is 0 Å². The first-order chi connectivity index (χ1) is 13.8. The fourth-order valence-corrected chi connectivity index (χ4v) is 2.86. The van der Waals surface area contributed by atoms with Crippen molar-refractivity contribution < 1.29 is 9.05 Å². The molecule has 1 N–H and O–H groups in total. The van der Waals surface area contributed by atoms with Crippen molar-refractivity contribution in [1.82, 2.24) is 30.2 Å². The lowest BCUT2D eigenvalue weighted by molar-refractivity contribution is 0.379. The van der Waals surface area contributed by atoms with Gasteiger partial charge in [0.25, 0.3) is 5.56 Å². The Morgan fingerprint density at radius 3 is 2.79 bits per heavy atom. The van der Waals surface area contributed by atoms with E-state index in [1.807, 2.05) is 24.3 Å². The highest BCUT2D eigenvalue weighted by atomic mass is 16.5. The van der Waals surface area contributed by atoms with Gasteiger partial charge in [0, 0.05) is 17.8 Å². The van der Waals surface area contributed by atoms with E-state index >= 15 is 0 Å². The first kappa shape index (κ1) is 16.1. The summed E-state index contributed by atoms with van der Waals surface area (Å²) in [5, 5.41) is 7.93. The van der Waals surface area contributed by atoms with Crippen molar-refractivity contribution in [2.45, 2.75) is 6.42 Å². The molecule has 0 aliphatic heterocycles. The third kappa shape index (κ3) is 2.94. The SMILES string of the molecule is O=c1[nH]c(Cc2nc(-c3ccno3)no2)nc2ccc(-c3ccccn3)cc12.